The number of nitrogens with zero attached hydrogens (tertiary/aromatic N) is 4. The molecule has 0 amide bonds. The van der Waals surface area contributed by atoms with Crippen LogP contribution in [-0.4, -0.2) is 21.8 Å². The Morgan fingerprint density at radius 3 is 2.78 bits per heavy atom. The first-order chi connectivity index (χ1) is 8.49. The molecule has 18 heavy (non-hydrogen) atoms. The maximum absolute atomic E-state index is 6.29. The molecule has 1 unspecified atom stereocenters. The first-order valence-electron chi connectivity index (χ1n) is 5.93. The van der Waals surface area contributed by atoms with E-state index in [0.717, 1.165) is 22.6 Å². The first kappa shape index (κ1) is 11.5. The normalized spacial score (nSPS) is 17.6. The number of hydrogen-bond donors (Lipinski definition) is 0. The highest BCUT2D eigenvalue weighted by Crippen LogP contribution is 2.45. The molecule has 0 fully saturated rings. The zero-order valence-electron chi connectivity index (χ0n) is 10.9. The summed E-state index contributed by atoms with van der Waals surface area (Å²) < 4.78 is 1.85. The van der Waals surface area contributed by atoms with Gasteiger partial charge in [0.2, 0.25) is 0 Å². The highest BCUT2D eigenvalue weighted by molar-refractivity contribution is 6.33. The van der Waals surface area contributed by atoms with Crippen LogP contribution in [0.2, 0.25) is 5.15 Å². The van der Waals surface area contributed by atoms with Crippen molar-refractivity contribution in [1.82, 2.24) is 14.8 Å². The number of hydrogen-bond acceptors (Lipinski definition) is 3. The molecular weight excluding hydrogens is 248 g/mol. The van der Waals surface area contributed by atoms with Crippen LogP contribution < -0.4 is 4.90 Å². The van der Waals surface area contributed by atoms with E-state index in [1.54, 1.807) is 0 Å². The third kappa shape index (κ3) is 1.45. The van der Waals surface area contributed by atoms with Gasteiger partial charge in [-0.1, -0.05) is 11.6 Å². The zero-order valence-corrected chi connectivity index (χ0v) is 11.7. The Morgan fingerprint density at radius 1 is 1.33 bits per heavy atom. The van der Waals surface area contributed by atoms with Gasteiger partial charge in [0.25, 0.3) is 0 Å². The number of aryl methyl sites for hydroxylation is 2. The van der Waals surface area contributed by atoms with E-state index in [4.69, 9.17) is 11.6 Å². The van der Waals surface area contributed by atoms with E-state index < -0.39 is 0 Å². The van der Waals surface area contributed by atoms with Gasteiger partial charge < -0.3 is 4.90 Å². The molecule has 2 aromatic heterocycles. The summed E-state index contributed by atoms with van der Waals surface area (Å²) in [5.41, 5.74) is 5.21. The Morgan fingerprint density at radius 2 is 2.06 bits per heavy atom. The largest absolute Gasteiger partial charge is 0.365 e. The minimum absolute atomic E-state index is 0.253. The third-order valence-corrected chi connectivity index (χ3v) is 3.84. The summed E-state index contributed by atoms with van der Waals surface area (Å²) in [6.07, 6.45) is 2.07. The molecule has 0 aliphatic carbocycles. The minimum Gasteiger partial charge on any atom is -0.365 e. The van der Waals surface area contributed by atoms with Crippen LogP contribution in [0.25, 0.3) is 11.3 Å². The number of pyridine rings is 1. The summed E-state index contributed by atoms with van der Waals surface area (Å²) in [6, 6.07) is 2.30. The summed E-state index contributed by atoms with van der Waals surface area (Å²) in [5.74, 6) is 0. The molecule has 0 spiro atoms. The number of aromatic nitrogens is 3. The van der Waals surface area contributed by atoms with Crippen LogP contribution in [0.4, 0.5) is 5.69 Å². The van der Waals surface area contributed by atoms with E-state index >= 15 is 0 Å². The highest BCUT2D eigenvalue weighted by Gasteiger charge is 2.30. The molecule has 0 N–H and O–H groups in total. The summed E-state index contributed by atoms with van der Waals surface area (Å²) in [6.45, 7) is 4.10. The fraction of sp³-hybridized carbons (Fsp3) is 0.385. The third-order valence-electron chi connectivity index (χ3n) is 3.57. The van der Waals surface area contributed by atoms with E-state index in [1.807, 2.05) is 25.7 Å². The Labute approximate surface area is 111 Å². The predicted octanol–water partition coefficient (Wildman–Crippen LogP) is 2.95. The van der Waals surface area contributed by atoms with Crippen molar-refractivity contribution >= 4 is 17.3 Å². The molecule has 0 radical (unpaired) electrons. The number of halogens is 1. The van der Waals surface area contributed by atoms with Crippen LogP contribution in [0, 0.1) is 6.92 Å². The van der Waals surface area contributed by atoms with Crippen LogP contribution in [0.1, 0.15) is 24.2 Å². The molecule has 0 saturated heterocycles. The maximum atomic E-state index is 6.29. The molecule has 94 valence electrons. The van der Waals surface area contributed by atoms with Crippen molar-refractivity contribution in [2.75, 3.05) is 11.9 Å². The molecule has 1 aliphatic heterocycles. The molecule has 1 atom stereocenters. The Balaban J connectivity index is 2.36. The lowest BCUT2D eigenvalue weighted by molar-refractivity contribution is 0.727. The molecule has 0 saturated carbocycles. The standard InChI is InChI=1S/C13H15ClN4/c1-7-5-9-11-10(6-17(3)16-11)8(2)18(4)12(9)13(14)15-7/h5-6,8H,1-4H3. The van der Waals surface area contributed by atoms with Crippen LogP contribution >= 0.6 is 11.6 Å². The smallest absolute Gasteiger partial charge is 0.153 e. The van der Waals surface area contributed by atoms with Crippen molar-refractivity contribution in [2.24, 2.45) is 7.05 Å². The average Bonchev–Trinajstić information content (AvgIpc) is 2.67. The van der Waals surface area contributed by atoms with Gasteiger partial charge in [-0.2, -0.15) is 5.10 Å². The van der Waals surface area contributed by atoms with Crippen molar-refractivity contribution in [3.8, 4) is 11.3 Å². The SMILES string of the molecule is Cc1cc2c(c(Cl)n1)N(C)C(C)c1cn(C)nc1-2. The van der Waals surface area contributed by atoms with E-state index in [1.165, 1.54) is 5.56 Å². The Kier molecular flexibility index (Phi) is 2.38. The second-order valence-corrected chi connectivity index (χ2v) is 5.20. The summed E-state index contributed by atoms with van der Waals surface area (Å²) in [4.78, 5) is 6.50. The molecule has 1 aliphatic rings. The van der Waals surface area contributed by atoms with Crippen LogP contribution in [0.3, 0.4) is 0 Å². The molecular formula is C13H15ClN4. The van der Waals surface area contributed by atoms with Crippen LogP contribution in [-0.2, 0) is 7.05 Å². The molecule has 0 bridgehead atoms. The second kappa shape index (κ2) is 3.72. The van der Waals surface area contributed by atoms with Gasteiger partial charge >= 0.3 is 0 Å². The fourth-order valence-electron chi connectivity index (χ4n) is 2.57. The van der Waals surface area contributed by atoms with Crippen molar-refractivity contribution in [2.45, 2.75) is 19.9 Å². The number of rotatable bonds is 0. The van der Waals surface area contributed by atoms with Crippen molar-refractivity contribution in [1.29, 1.82) is 0 Å². The van der Waals surface area contributed by atoms with Crippen LogP contribution in [0.5, 0.6) is 0 Å². The van der Waals surface area contributed by atoms with Gasteiger partial charge in [-0.25, -0.2) is 4.98 Å². The van der Waals surface area contributed by atoms with Gasteiger partial charge in [0.15, 0.2) is 5.15 Å². The highest BCUT2D eigenvalue weighted by atomic mass is 35.5. The van der Waals surface area contributed by atoms with Gasteiger partial charge in [-0.3, -0.25) is 4.68 Å². The molecule has 3 rings (SSSR count). The van der Waals surface area contributed by atoms with E-state index in [9.17, 15) is 0 Å². The van der Waals surface area contributed by atoms with Gasteiger partial charge in [-0.15, -0.1) is 0 Å². The quantitative estimate of drug-likeness (QED) is 0.685. The van der Waals surface area contributed by atoms with Gasteiger partial charge in [0.1, 0.15) is 0 Å². The maximum Gasteiger partial charge on any atom is 0.153 e. The zero-order chi connectivity index (χ0) is 13.0. The lowest BCUT2D eigenvalue weighted by Gasteiger charge is -2.33. The lowest BCUT2D eigenvalue weighted by Crippen LogP contribution is -2.26. The molecule has 5 heteroatoms. The van der Waals surface area contributed by atoms with Crippen LogP contribution in [0.15, 0.2) is 12.3 Å². The average molecular weight is 263 g/mol. The Hall–Kier alpha value is -1.55. The molecule has 2 aromatic rings. The monoisotopic (exact) mass is 262 g/mol. The second-order valence-electron chi connectivity index (χ2n) is 4.84. The molecule has 3 heterocycles. The van der Waals surface area contributed by atoms with E-state index in [0.29, 0.717) is 5.15 Å². The van der Waals surface area contributed by atoms with Gasteiger partial charge in [0, 0.05) is 37.1 Å². The van der Waals surface area contributed by atoms with Crippen molar-refractivity contribution in [3.63, 3.8) is 0 Å². The van der Waals surface area contributed by atoms with E-state index in [2.05, 4.69) is 34.2 Å². The predicted molar refractivity (Wildman–Crippen MR) is 73.0 cm³/mol. The lowest BCUT2D eigenvalue weighted by atomic mass is 9.96. The summed E-state index contributed by atoms with van der Waals surface area (Å²) in [5, 5.41) is 5.11. The van der Waals surface area contributed by atoms with E-state index in [-0.39, 0.29) is 6.04 Å². The number of fused-ring (bicyclic) bond motifs is 3. The Bertz CT molecular complexity index is 632. The fourth-order valence-corrected chi connectivity index (χ4v) is 2.94. The molecule has 4 nitrogen and oxygen atoms in total. The van der Waals surface area contributed by atoms with Gasteiger partial charge in [-0.05, 0) is 19.9 Å². The summed E-state index contributed by atoms with van der Waals surface area (Å²) in [7, 11) is 3.99. The van der Waals surface area contributed by atoms with Crippen molar-refractivity contribution < 1.29 is 0 Å². The first-order valence-corrected chi connectivity index (χ1v) is 6.30. The number of anilines is 1. The van der Waals surface area contributed by atoms with Crippen molar-refractivity contribution in [3.05, 3.63) is 28.7 Å². The topological polar surface area (TPSA) is 34.0 Å². The minimum atomic E-state index is 0.253. The molecule has 0 aromatic carbocycles. The summed E-state index contributed by atoms with van der Waals surface area (Å²) >= 11 is 6.29. The van der Waals surface area contributed by atoms with Gasteiger partial charge in [0.05, 0.1) is 17.4 Å².